The van der Waals surface area contributed by atoms with Gasteiger partial charge in [0, 0.05) is 86.3 Å². The Hall–Kier alpha value is -5.53. The van der Waals surface area contributed by atoms with Crippen molar-refractivity contribution in [3.63, 3.8) is 0 Å². The first-order valence-electron chi connectivity index (χ1n) is 30.9. The number of hydrogen-bond acceptors (Lipinski definition) is 12. The molecule has 20 heteroatoms. The molecule has 0 aromatic rings. The summed E-state index contributed by atoms with van der Waals surface area (Å²) in [4.78, 5) is 169. The van der Waals surface area contributed by atoms with Crippen LogP contribution in [0.15, 0.2) is 12.2 Å². The molecule has 12 atom stereocenters. The van der Waals surface area contributed by atoms with E-state index in [9.17, 15) is 48.3 Å². The fourth-order valence-electron chi connectivity index (χ4n) is 11.4. The van der Waals surface area contributed by atoms with Crippen molar-refractivity contribution in [3.8, 4) is 0 Å². The second kappa shape index (κ2) is 35.2. The predicted octanol–water partition coefficient (Wildman–Crippen LogP) is 6.29. The first-order chi connectivity index (χ1) is 38.9. The van der Waals surface area contributed by atoms with Crippen LogP contribution in [0, 0.1) is 53.3 Å². The molecular weight excluding hydrogens is 1070 g/mol. The molecule has 1 rings (SSSR count). The van der Waals surface area contributed by atoms with Gasteiger partial charge in [-0.25, -0.2) is 0 Å². The Labute approximate surface area is 504 Å². The van der Waals surface area contributed by atoms with E-state index in [4.69, 9.17) is 0 Å². The molecule has 1 heterocycles. The number of nitrogens with one attached hydrogen (secondary N) is 1. The maximum Gasteiger partial charge on any atom is 0.246 e. The van der Waals surface area contributed by atoms with Crippen LogP contribution >= 0.6 is 0 Å². The number of aliphatic hydroxyl groups excluding tert-OH is 1. The van der Waals surface area contributed by atoms with E-state index < -0.39 is 144 Å². The van der Waals surface area contributed by atoms with Crippen molar-refractivity contribution in [2.24, 2.45) is 53.3 Å². The lowest BCUT2D eigenvalue weighted by molar-refractivity contribution is -0.157. The number of nitrogens with zero attached hydrogens (tertiary/aromatic N) is 7. The number of hydrogen-bond donors (Lipinski definition) is 2. The summed E-state index contributed by atoms with van der Waals surface area (Å²) < 4.78 is 0. The second-order valence-electron chi connectivity index (χ2n) is 26.2. The zero-order chi connectivity index (χ0) is 65.1. The standard InChI is InChI=1S/C64H112N8O12/c1-24-27-29-42(14)57(77)56-53(75)34-45(26-3)60(80)66(17)36-54(76)67(18)48(30-37(4)5)52(74)35-46(40(10)11)61(81)69(20)49(31-38(6)7)51(73)33-43(15)58(78)65-44(16)59(79)68(19)47(28-25-2)62(82)70(21)50(32-39(8)9)63(83)71(22)55(41(12)13)64(84)72(56)23/h24,27,37-50,55-57,77H,25-26,28-36H2,1-23H3,(H,65,78)/b27-24+/t42-,43-,44-,45-,46+,47+,48+,49+,50+,55+,56-,57-/m1/s1. The van der Waals surface area contributed by atoms with Gasteiger partial charge < -0.3 is 44.7 Å². The topological polar surface area (TPSA) is 243 Å². The van der Waals surface area contributed by atoms with Crippen molar-refractivity contribution in [2.45, 2.75) is 223 Å². The summed E-state index contributed by atoms with van der Waals surface area (Å²) in [5, 5.41) is 14.9. The summed E-state index contributed by atoms with van der Waals surface area (Å²) in [5.74, 6) is -10.6. The average molecular weight is 1190 g/mol. The van der Waals surface area contributed by atoms with Gasteiger partial charge in [0.15, 0.2) is 17.3 Å². The van der Waals surface area contributed by atoms with E-state index in [0.717, 1.165) is 4.90 Å². The van der Waals surface area contributed by atoms with Crippen LogP contribution in [0.25, 0.3) is 0 Å². The molecule has 0 spiro atoms. The van der Waals surface area contributed by atoms with Crippen molar-refractivity contribution in [1.82, 2.24) is 39.6 Å². The molecule has 1 aliphatic heterocycles. The van der Waals surface area contributed by atoms with Gasteiger partial charge in [-0.2, -0.15) is 0 Å². The monoisotopic (exact) mass is 1180 g/mol. The number of amides is 8. The summed E-state index contributed by atoms with van der Waals surface area (Å²) in [7, 11) is 10.2. The maximum atomic E-state index is 15.1. The number of likely N-dealkylation sites (N-methyl/N-ethyl adjacent to an activating group) is 7. The van der Waals surface area contributed by atoms with Crippen molar-refractivity contribution >= 4 is 64.6 Å². The van der Waals surface area contributed by atoms with E-state index in [-0.39, 0.29) is 80.2 Å². The minimum atomic E-state index is -1.49. The Bertz CT molecular complexity index is 2280. The summed E-state index contributed by atoms with van der Waals surface area (Å²) in [6, 6.07) is -8.04. The van der Waals surface area contributed by atoms with Crippen LogP contribution in [0.3, 0.4) is 0 Å². The Balaban J connectivity index is 4.29. The summed E-state index contributed by atoms with van der Waals surface area (Å²) >= 11 is 0. The third-order valence-corrected chi connectivity index (χ3v) is 16.9. The molecule has 0 aromatic carbocycles. The number of Topliss-reactive ketones (excluding diaryl/α,β-unsaturated/α-hetero) is 3. The molecule has 0 radical (unpaired) electrons. The maximum absolute atomic E-state index is 15.1. The van der Waals surface area contributed by atoms with Crippen molar-refractivity contribution in [2.75, 3.05) is 55.9 Å². The van der Waals surface area contributed by atoms with Crippen LogP contribution in [0.4, 0.5) is 0 Å². The summed E-state index contributed by atoms with van der Waals surface area (Å²) in [5.41, 5.74) is 0. The minimum absolute atomic E-state index is 0.0627. The molecule has 0 unspecified atom stereocenters. The highest BCUT2D eigenvalue weighted by molar-refractivity contribution is 5.99. The third-order valence-electron chi connectivity index (χ3n) is 16.9. The molecule has 1 aliphatic rings. The number of carbonyl (C=O) groups is 11. The van der Waals surface area contributed by atoms with Crippen LogP contribution in [0.2, 0.25) is 0 Å². The average Bonchev–Trinajstić information content (AvgIpc) is 3.45. The van der Waals surface area contributed by atoms with Gasteiger partial charge in [-0.05, 0) is 87.9 Å². The number of aliphatic hydroxyl groups is 1. The van der Waals surface area contributed by atoms with Crippen molar-refractivity contribution in [3.05, 3.63) is 12.2 Å². The van der Waals surface area contributed by atoms with Crippen molar-refractivity contribution in [1.29, 1.82) is 0 Å². The lowest BCUT2D eigenvalue weighted by Gasteiger charge is -2.41. The minimum Gasteiger partial charge on any atom is -0.390 e. The van der Waals surface area contributed by atoms with Crippen LogP contribution in [0.1, 0.15) is 175 Å². The van der Waals surface area contributed by atoms with E-state index in [1.165, 1.54) is 85.7 Å². The summed E-state index contributed by atoms with van der Waals surface area (Å²) in [6.45, 7) is 28.2. The van der Waals surface area contributed by atoms with Gasteiger partial charge >= 0.3 is 0 Å². The molecule has 2 N–H and O–H groups in total. The molecule has 480 valence electrons. The van der Waals surface area contributed by atoms with E-state index in [1.54, 1.807) is 54.5 Å². The Kier molecular flexibility index (Phi) is 32.0. The fraction of sp³-hybridized carbons (Fsp3) is 0.797. The van der Waals surface area contributed by atoms with Gasteiger partial charge in [-0.1, -0.05) is 116 Å². The largest absolute Gasteiger partial charge is 0.390 e. The van der Waals surface area contributed by atoms with E-state index in [2.05, 4.69) is 5.32 Å². The van der Waals surface area contributed by atoms with Crippen LogP contribution in [0.5, 0.6) is 0 Å². The zero-order valence-corrected chi connectivity index (χ0v) is 55.8. The second-order valence-corrected chi connectivity index (χ2v) is 26.2. The highest BCUT2D eigenvalue weighted by Gasteiger charge is 2.45. The fourth-order valence-corrected chi connectivity index (χ4v) is 11.4. The van der Waals surface area contributed by atoms with E-state index in [0.29, 0.717) is 12.8 Å². The Morgan fingerprint density at radius 2 is 0.988 bits per heavy atom. The van der Waals surface area contributed by atoms with Crippen LogP contribution < -0.4 is 5.32 Å². The van der Waals surface area contributed by atoms with Gasteiger partial charge in [0.1, 0.15) is 30.2 Å². The van der Waals surface area contributed by atoms with Gasteiger partial charge in [-0.15, -0.1) is 0 Å². The first-order valence-corrected chi connectivity index (χ1v) is 30.9. The Morgan fingerprint density at radius 1 is 0.524 bits per heavy atom. The zero-order valence-electron chi connectivity index (χ0n) is 55.8. The first kappa shape index (κ1) is 76.5. The normalized spacial score (nSPS) is 27.3. The molecule has 0 aromatic heterocycles. The highest BCUT2D eigenvalue weighted by Crippen LogP contribution is 2.29. The predicted molar refractivity (Wildman–Crippen MR) is 327 cm³/mol. The van der Waals surface area contributed by atoms with Crippen LogP contribution in [-0.4, -0.2) is 208 Å². The van der Waals surface area contributed by atoms with Gasteiger partial charge in [0.05, 0.1) is 24.7 Å². The number of ketones is 3. The molecule has 20 nitrogen and oxygen atoms in total. The third kappa shape index (κ3) is 21.2. The molecule has 0 saturated carbocycles. The van der Waals surface area contributed by atoms with E-state index >= 15 is 9.59 Å². The molecule has 0 aliphatic carbocycles. The lowest BCUT2D eigenvalue weighted by Crippen LogP contribution is -2.61. The summed E-state index contributed by atoms with van der Waals surface area (Å²) in [6.07, 6.45) is 3.08. The molecule has 0 bridgehead atoms. The van der Waals surface area contributed by atoms with Gasteiger partial charge in [0.25, 0.3) is 0 Å². The lowest BCUT2D eigenvalue weighted by atomic mass is 9.84. The number of allylic oxidation sites excluding steroid dienone is 2. The molecule has 84 heavy (non-hydrogen) atoms. The smallest absolute Gasteiger partial charge is 0.246 e. The molecule has 1 fully saturated rings. The molecule has 1 saturated heterocycles. The van der Waals surface area contributed by atoms with Gasteiger partial charge in [0.2, 0.25) is 47.3 Å². The van der Waals surface area contributed by atoms with E-state index in [1.807, 2.05) is 61.5 Å². The molecular formula is C64H112N8O12. The number of rotatable bonds is 15. The van der Waals surface area contributed by atoms with Crippen molar-refractivity contribution < 1.29 is 57.8 Å². The quantitative estimate of drug-likeness (QED) is 0.172. The van der Waals surface area contributed by atoms with Crippen LogP contribution in [-0.2, 0) is 52.7 Å². The SMILES string of the molecule is C/C=C/C[C@@H](C)[C@@H](O)[C@H]1C(=O)C[C@@H](CC)C(=O)N(C)CC(=O)N(C)[C@@H](CC(C)C)C(=O)C[C@@H](C(C)C)C(=O)N(C)[C@@H](CC(C)C)C(=O)C[C@@H](C)C(=O)N[C@H](C)C(=O)N(C)[C@@H](CCC)C(=O)N(C)[C@@H](CC(C)C)C(=O)N(C)[C@@H](C(C)C)C(=O)N1C. The van der Waals surface area contributed by atoms with Gasteiger partial charge in [-0.3, -0.25) is 52.7 Å². The number of carbonyl (C=O) groups excluding carboxylic acids is 11. The highest BCUT2D eigenvalue weighted by atomic mass is 16.3. The Morgan fingerprint density at radius 3 is 1.46 bits per heavy atom. The molecule has 8 amide bonds.